The van der Waals surface area contributed by atoms with Gasteiger partial charge in [0.15, 0.2) is 5.16 Å². The SMILES string of the molecule is Cn1ccnc1SCCOc1ccc(CC(=O)O)cc1. The fraction of sp³-hybridized carbons (Fsp3) is 0.286. The third-order valence-corrected chi connectivity index (χ3v) is 3.66. The van der Waals surface area contributed by atoms with Gasteiger partial charge in [-0.1, -0.05) is 23.9 Å². The van der Waals surface area contributed by atoms with Gasteiger partial charge in [-0.3, -0.25) is 4.79 Å². The van der Waals surface area contributed by atoms with Crippen LogP contribution in [0, 0.1) is 0 Å². The van der Waals surface area contributed by atoms with Crippen LogP contribution in [0.3, 0.4) is 0 Å². The predicted molar refractivity (Wildman–Crippen MR) is 77.2 cm³/mol. The van der Waals surface area contributed by atoms with Crippen molar-refractivity contribution in [2.45, 2.75) is 11.6 Å². The third kappa shape index (κ3) is 4.31. The van der Waals surface area contributed by atoms with Gasteiger partial charge in [0.2, 0.25) is 0 Å². The lowest BCUT2D eigenvalue weighted by atomic mass is 10.1. The molecule has 0 aliphatic carbocycles. The molecule has 0 saturated heterocycles. The standard InChI is InChI=1S/C14H16N2O3S/c1-16-7-6-15-14(16)20-9-8-19-12-4-2-11(3-5-12)10-13(17)18/h2-7H,8-10H2,1H3,(H,17,18). The number of thioether (sulfide) groups is 1. The van der Waals surface area contributed by atoms with Gasteiger partial charge in [-0.25, -0.2) is 4.98 Å². The van der Waals surface area contributed by atoms with E-state index < -0.39 is 5.97 Å². The van der Waals surface area contributed by atoms with E-state index in [4.69, 9.17) is 9.84 Å². The number of carboxylic acids is 1. The van der Waals surface area contributed by atoms with Crippen LogP contribution in [0.25, 0.3) is 0 Å². The molecule has 0 radical (unpaired) electrons. The Bertz CT molecular complexity index is 566. The molecule has 2 rings (SSSR count). The van der Waals surface area contributed by atoms with Crippen LogP contribution in [0.5, 0.6) is 5.75 Å². The van der Waals surface area contributed by atoms with E-state index in [-0.39, 0.29) is 6.42 Å². The molecule has 106 valence electrons. The van der Waals surface area contributed by atoms with Crippen molar-refractivity contribution in [3.8, 4) is 5.75 Å². The lowest BCUT2D eigenvalue weighted by molar-refractivity contribution is -0.136. The van der Waals surface area contributed by atoms with E-state index in [0.717, 1.165) is 22.2 Å². The van der Waals surface area contributed by atoms with E-state index in [1.54, 1.807) is 42.2 Å². The molecule has 0 unspecified atom stereocenters. The van der Waals surface area contributed by atoms with Crippen LogP contribution < -0.4 is 4.74 Å². The molecule has 2 aromatic rings. The van der Waals surface area contributed by atoms with Gasteiger partial charge in [-0.2, -0.15) is 0 Å². The van der Waals surface area contributed by atoms with Crippen LogP contribution in [0.15, 0.2) is 41.8 Å². The third-order valence-electron chi connectivity index (χ3n) is 2.64. The van der Waals surface area contributed by atoms with Gasteiger partial charge in [-0.05, 0) is 17.7 Å². The average Bonchev–Trinajstić information content (AvgIpc) is 2.82. The van der Waals surface area contributed by atoms with Crippen molar-refractivity contribution in [2.75, 3.05) is 12.4 Å². The summed E-state index contributed by atoms with van der Waals surface area (Å²) in [6, 6.07) is 7.14. The van der Waals surface area contributed by atoms with Gasteiger partial charge in [0, 0.05) is 25.2 Å². The summed E-state index contributed by atoms with van der Waals surface area (Å²) < 4.78 is 7.56. The number of rotatable bonds is 7. The molecule has 0 amide bonds. The number of ether oxygens (including phenoxy) is 1. The molecular weight excluding hydrogens is 276 g/mol. The van der Waals surface area contributed by atoms with Gasteiger partial charge in [0.25, 0.3) is 0 Å². The van der Waals surface area contributed by atoms with Gasteiger partial charge in [-0.15, -0.1) is 0 Å². The summed E-state index contributed by atoms with van der Waals surface area (Å²) in [7, 11) is 1.96. The molecular formula is C14H16N2O3S. The number of imidazole rings is 1. The summed E-state index contributed by atoms with van der Waals surface area (Å²) in [5.41, 5.74) is 0.771. The maximum Gasteiger partial charge on any atom is 0.307 e. The molecule has 1 heterocycles. The summed E-state index contributed by atoms with van der Waals surface area (Å²) in [4.78, 5) is 14.8. The Morgan fingerprint density at radius 3 is 2.75 bits per heavy atom. The first-order valence-corrected chi connectivity index (χ1v) is 7.17. The zero-order chi connectivity index (χ0) is 14.4. The largest absolute Gasteiger partial charge is 0.493 e. The van der Waals surface area contributed by atoms with Crippen molar-refractivity contribution in [2.24, 2.45) is 7.05 Å². The van der Waals surface area contributed by atoms with Gasteiger partial charge in [0.1, 0.15) is 5.75 Å². The summed E-state index contributed by atoms with van der Waals surface area (Å²) >= 11 is 1.63. The monoisotopic (exact) mass is 292 g/mol. The second kappa shape index (κ2) is 7.00. The fourth-order valence-corrected chi connectivity index (χ4v) is 2.41. The molecule has 0 fully saturated rings. The van der Waals surface area contributed by atoms with E-state index in [1.807, 2.05) is 17.8 Å². The van der Waals surface area contributed by atoms with Crippen molar-refractivity contribution < 1.29 is 14.6 Å². The molecule has 20 heavy (non-hydrogen) atoms. The first-order chi connectivity index (χ1) is 9.65. The Labute approximate surface area is 121 Å². The highest BCUT2D eigenvalue weighted by atomic mass is 32.2. The topological polar surface area (TPSA) is 64.4 Å². The highest BCUT2D eigenvalue weighted by molar-refractivity contribution is 7.99. The van der Waals surface area contributed by atoms with Gasteiger partial charge < -0.3 is 14.4 Å². The minimum absolute atomic E-state index is 0.0370. The number of hydrogen-bond acceptors (Lipinski definition) is 4. The summed E-state index contributed by atoms with van der Waals surface area (Å²) in [5.74, 6) is 0.728. The van der Waals surface area contributed by atoms with Crippen LogP contribution in [0.4, 0.5) is 0 Å². The van der Waals surface area contributed by atoms with Gasteiger partial charge in [0.05, 0.1) is 13.0 Å². The highest BCUT2D eigenvalue weighted by Gasteiger charge is 2.02. The number of carboxylic acid groups (broad SMARTS) is 1. The highest BCUT2D eigenvalue weighted by Crippen LogP contribution is 2.16. The summed E-state index contributed by atoms with van der Waals surface area (Å²) in [6.07, 6.45) is 3.71. The number of benzene rings is 1. The molecule has 0 atom stereocenters. The van der Waals surface area contributed by atoms with Crippen LogP contribution in [0.2, 0.25) is 0 Å². The number of aliphatic carboxylic acids is 1. The van der Waals surface area contributed by atoms with Crippen molar-refractivity contribution in [3.63, 3.8) is 0 Å². The fourth-order valence-electron chi connectivity index (χ4n) is 1.66. The summed E-state index contributed by atoms with van der Waals surface area (Å²) in [6.45, 7) is 0.579. The van der Waals surface area contributed by atoms with E-state index in [0.29, 0.717) is 6.61 Å². The minimum atomic E-state index is -0.829. The minimum Gasteiger partial charge on any atom is -0.493 e. The molecule has 5 nitrogen and oxygen atoms in total. The smallest absolute Gasteiger partial charge is 0.307 e. The average molecular weight is 292 g/mol. The van der Waals surface area contributed by atoms with Crippen molar-refractivity contribution in [1.29, 1.82) is 0 Å². The molecule has 1 N–H and O–H groups in total. The first kappa shape index (κ1) is 14.5. The van der Waals surface area contributed by atoms with E-state index in [2.05, 4.69) is 4.98 Å². The van der Waals surface area contributed by atoms with E-state index in [1.165, 1.54) is 0 Å². The maximum atomic E-state index is 10.6. The molecule has 0 aliphatic heterocycles. The van der Waals surface area contributed by atoms with Crippen LogP contribution in [-0.2, 0) is 18.3 Å². The number of hydrogen-bond donors (Lipinski definition) is 1. The van der Waals surface area contributed by atoms with Crippen LogP contribution in [0.1, 0.15) is 5.56 Å². The molecule has 0 aliphatic rings. The van der Waals surface area contributed by atoms with Crippen molar-refractivity contribution in [3.05, 3.63) is 42.2 Å². The zero-order valence-electron chi connectivity index (χ0n) is 11.2. The normalized spacial score (nSPS) is 10.4. The molecule has 6 heteroatoms. The van der Waals surface area contributed by atoms with Crippen molar-refractivity contribution >= 4 is 17.7 Å². The number of carbonyl (C=O) groups is 1. The van der Waals surface area contributed by atoms with E-state index >= 15 is 0 Å². The van der Waals surface area contributed by atoms with Gasteiger partial charge >= 0.3 is 5.97 Å². The van der Waals surface area contributed by atoms with E-state index in [9.17, 15) is 4.79 Å². The Balaban J connectivity index is 1.74. The zero-order valence-corrected chi connectivity index (χ0v) is 12.0. The van der Waals surface area contributed by atoms with Crippen LogP contribution >= 0.6 is 11.8 Å². The number of nitrogens with zero attached hydrogens (tertiary/aromatic N) is 2. The Morgan fingerprint density at radius 1 is 1.40 bits per heavy atom. The maximum absolute atomic E-state index is 10.6. The molecule has 0 bridgehead atoms. The van der Waals surface area contributed by atoms with Crippen LogP contribution in [-0.4, -0.2) is 33.0 Å². The number of aromatic nitrogens is 2. The molecule has 1 aromatic heterocycles. The molecule has 0 saturated carbocycles. The molecule has 0 spiro atoms. The first-order valence-electron chi connectivity index (χ1n) is 6.19. The lowest BCUT2D eigenvalue weighted by Crippen LogP contribution is -2.02. The number of aryl methyl sites for hydroxylation is 1. The Morgan fingerprint density at radius 2 is 2.15 bits per heavy atom. The summed E-state index contributed by atoms with van der Waals surface area (Å²) in [5, 5.41) is 9.64. The Hall–Kier alpha value is -1.95. The predicted octanol–water partition coefficient (Wildman–Crippen LogP) is 2.22. The quantitative estimate of drug-likeness (QED) is 0.626. The Kier molecular flexibility index (Phi) is 5.06. The van der Waals surface area contributed by atoms with Crippen molar-refractivity contribution in [1.82, 2.24) is 9.55 Å². The second-order valence-electron chi connectivity index (χ2n) is 4.23. The molecule has 1 aromatic carbocycles. The second-order valence-corrected chi connectivity index (χ2v) is 5.29. The lowest BCUT2D eigenvalue weighted by Gasteiger charge is -2.06.